The van der Waals surface area contributed by atoms with E-state index in [0.29, 0.717) is 6.04 Å². The highest BCUT2D eigenvalue weighted by Crippen LogP contribution is 2.27. The summed E-state index contributed by atoms with van der Waals surface area (Å²) in [6.07, 6.45) is 5.56. The standard InChI is InChI=1S/C15H23NO/c1-12(15-7-2-3-8-15)16-10-13-5-4-6-14(9-13)11-17/h4-6,9,12,15-17H,2-3,7-8,10-11H2,1H3. The van der Waals surface area contributed by atoms with Gasteiger partial charge in [0.15, 0.2) is 0 Å². The summed E-state index contributed by atoms with van der Waals surface area (Å²) < 4.78 is 0. The zero-order chi connectivity index (χ0) is 12.1. The van der Waals surface area contributed by atoms with Gasteiger partial charge in [0, 0.05) is 12.6 Å². The van der Waals surface area contributed by atoms with Crippen LogP contribution >= 0.6 is 0 Å². The Labute approximate surface area is 104 Å². The summed E-state index contributed by atoms with van der Waals surface area (Å²) in [5, 5.41) is 12.7. The number of benzene rings is 1. The topological polar surface area (TPSA) is 32.3 Å². The van der Waals surface area contributed by atoms with Crippen LogP contribution in [0.5, 0.6) is 0 Å². The first kappa shape index (κ1) is 12.6. The smallest absolute Gasteiger partial charge is 0.0681 e. The Morgan fingerprint density at radius 1 is 1.29 bits per heavy atom. The zero-order valence-corrected chi connectivity index (χ0v) is 10.7. The van der Waals surface area contributed by atoms with Crippen molar-refractivity contribution in [3.8, 4) is 0 Å². The molecule has 1 unspecified atom stereocenters. The Morgan fingerprint density at radius 2 is 2.00 bits per heavy atom. The molecule has 1 atom stereocenters. The van der Waals surface area contributed by atoms with Crippen LogP contribution in [0.3, 0.4) is 0 Å². The molecule has 1 aromatic carbocycles. The number of aliphatic hydroxyl groups is 1. The summed E-state index contributed by atoms with van der Waals surface area (Å²) in [5.41, 5.74) is 2.26. The number of aliphatic hydroxyl groups excluding tert-OH is 1. The van der Waals surface area contributed by atoms with Gasteiger partial charge in [-0.1, -0.05) is 37.1 Å². The molecule has 0 radical (unpaired) electrons. The van der Waals surface area contributed by atoms with Gasteiger partial charge in [-0.2, -0.15) is 0 Å². The third kappa shape index (κ3) is 3.55. The number of rotatable bonds is 5. The highest BCUT2D eigenvalue weighted by Gasteiger charge is 2.20. The van der Waals surface area contributed by atoms with E-state index >= 15 is 0 Å². The molecule has 2 heteroatoms. The minimum absolute atomic E-state index is 0.131. The van der Waals surface area contributed by atoms with Crippen molar-refractivity contribution in [1.29, 1.82) is 0 Å². The molecular weight excluding hydrogens is 210 g/mol. The van der Waals surface area contributed by atoms with Crippen LogP contribution < -0.4 is 5.32 Å². The van der Waals surface area contributed by atoms with E-state index in [9.17, 15) is 0 Å². The number of hydrogen-bond donors (Lipinski definition) is 2. The van der Waals surface area contributed by atoms with Crippen molar-refractivity contribution in [3.05, 3.63) is 35.4 Å². The second-order valence-electron chi connectivity index (χ2n) is 5.19. The largest absolute Gasteiger partial charge is 0.392 e. The van der Waals surface area contributed by atoms with Gasteiger partial charge in [-0.15, -0.1) is 0 Å². The summed E-state index contributed by atoms with van der Waals surface area (Å²) in [6.45, 7) is 3.34. The van der Waals surface area contributed by atoms with Crippen molar-refractivity contribution in [2.24, 2.45) is 5.92 Å². The molecule has 1 fully saturated rings. The van der Waals surface area contributed by atoms with Crippen LogP contribution in [-0.4, -0.2) is 11.1 Å². The Balaban J connectivity index is 1.83. The van der Waals surface area contributed by atoms with Gasteiger partial charge < -0.3 is 10.4 Å². The molecule has 0 aromatic heterocycles. The van der Waals surface area contributed by atoms with Gasteiger partial charge in [-0.3, -0.25) is 0 Å². The second kappa shape index (κ2) is 6.18. The van der Waals surface area contributed by atoms with Crippen LogP contribution in [0.2, 0.25) is 0 Å². The number of nitrogens with one attached hydrogen (secondary N) is 1. The summed E-state index contributed by atoms with van der Waals surface area (Å²) in [6, 6.07) is 8.78. The molecule has 0 saturated heterocycles. The van der Waals surface area contributed by atoms with E-state index < -0.39 is 0 Å². The summed E-state index contributed by atoms with van der Waals surface area (Å²) in [7, 11) is 0. The predicted molar refractivity (Wildman–Crippen MR) is 70.6 cm³/mol. The lowest BCUT2D eigenvalue weighted by Gasteiger charge is -2.20. The van der Waals surface area contributed by atoms with Crippen LogP contribution in [0.4, 0.5) is 0 Å². The van der Waals surface area contributed by atoms with Gasteiger partial charge in [0.2, 0.25) is 0 Å². The van der Waals surface area contributed by atoms with Gasteiger partial charge in [-0.05, 0) is 36.8 Å². The summed E-state index contributed by atoms with van der Waals surface area (Å²) >= 11 is 0. The normalized spacial score (nSPS) is 18.5. The van der Waals surface area contributed by atoms with Gasteiger partial charge >= 0.3 is 0 Å². The lowest BCUT2D eigenvalue weighted by molar-refractivity contribution is 0.281. The lowest BCUT2D eigenvalue weighted by Crippen LogP contribution is -2.31. The quantitative estimate of drug-likeness (QED) is 0.819. The Morgan fingerprint density at radius 3 is 2.71 bits per heavy atom. The molecule has 2 nitrogen and oxygen atoms in total. The van der Waals surface area contributed by atoms with Gasteiger partial charge in [0.1, 0.15) is 0 Å². The minimum atomic E-state index is 0.131. The molecule has 94 valence electrons. The average Bonchev–Trinajstić information content (AvgIpc) is 2.90. The highest BCUT2D eigenvalue weighted by molar-refractivity contribution is 5.22. The highest BCUT2D eigenvalue weighted by atomic mass is 16.3. The van der Waals surface area contributed by atoms with E-state index in [2.05, 4.69) is 24.4 Å². The van der Waals surface area contributed by atoms with E-state index in [1.165, 1.54) is 31.2 Å². The fourth-order valence-corrected chi connectivity index (χ4v) is 2.74. The van der Waals surface area contributed by atoms with Crippen molar-refractivity contribution in [2.45, 2.75) is 51.8 Å². The first-order valence-electron chi connectivity index (χ1n) is 6.71. The third-order valence-electron chi connectivity index (χ3n) is 3.91. The van der Waals surface area contributed by atoms with Crippen LogP contribution in [0.25, 0.3) is 0 Å². The van der Waals surface area contributed by atoms with Crippen LogP contribution in [-0.2, 0) is 13.2 Å². The summed E-state index contributed by atoms with van der Waals surface area (Å²) in [4.78, 5) is 0. The average molecular weight is 233 g/mol. The van der Waals surface area contributed by atoms with Crippen LogP contribution in [0, 0.1) is 5.92 Å². The maximum absolute atomic E-state index is 9.09. The van der Waals surface area contributed by atoms with Gasteiger partial charge in [-0.25, -0.2) is 0 Å². The first-order chi connectivity index (χ1) is 8.29. The predicted octanol–water partition coefficient (Wildman–Crippen LogP) is 2.85. The van der Waals surface area contributed by atoms with Crippen LogP contribution in [0.15, 0.2) is 24.3 Å². The third-order valence-corrected chi connectivity index (χ3v) is 3.91. The second-order valence-corrected chi connectivity index (χ2v) is 5.19. The maximum Gasteiger partial charge on any atom is 0.0681 e. The van der Waals surface area contributed by atoms with Crippen LogP contribution in [0.1, 0.15) is 43.7 Å². The molecule has 0 amide bonds. The molecule has 0 spiro atoms. The van der Waals surface area contributed by atoms with Crippen molar-refractivity contribution >= 4 is 0 Å². The van der Waals surface area contributed by atoms with Gasteiger partial charge in [0.25, 0.3) is 0 Å². The van der Waals surface area contributed by atoms with Crippen molar-refractivity contribution in [2.75, 3.05) is 0 Å². The fourth-order valence-electron chi connectivity index (χ4n) is 2.74. The maximum atomic E-state index is 9.09. The Bertz CT molecular complexity index is 345. The van der Waals surface area contributed by atoms with E-state index in [4.69, 9.17) is 5.11 Å². The van der Waals surface area contributed by atoms with Crippen molar-refractivity contribution in [1.82, 2.24) is 5.32 Å². The molecule has 2 N–H and O–H groups in total. The molecule has 1 saturated carbocycles. The van der Waals surface area contributed by atoms with E-state index in [0.717, 1.165) is 18.0 Å². The molecule has 0 bridgehead atoms. The molecule has 1 aromatic rings. The van der Waals surface area contributed by atoms with E-state index in [1.54, 1.807) is 0 Å². The fraction of sp³-hybridized carbons (Fsp3) is 0.600. The van der Waals surface area contributed by atoms with Crippen molar-refractivity contribution < 1.29 is 5.11 Å². The summed E-state index contributed by atoms with van der Waals surface area (Å²) in [5.74, 6) is 0.857. The molecule has 0 heterocycles. The molecule has 17 heavy (non-hydrogen) atoms. The first-order valence-corrected chi connectivity index (χ1v) is 6.71. The monoisotopic (exact) mass is 233 g/mol. The van der Waals surface area contributed by atoms with E-state index in [1.807, 2.05) is 12.1 Å². The lowest BCUT2D eigenvalue weighted by atomic mass is 9.99. The Kier molecular flexibility index (Phi) is 4.57. The number of hydrogen-bond acceptors (Lipinski definition) is 2. The molecular formula is C15H23NO. The molecule has 0 aliphatic heterocycles. The molecule has 1 aliphatic rings. The van der Waals surface area contributed by atoms with Crippen molar-refractivity contribution in [3.63, 3.8) is 0 Å². The minimum Gasteiger partial charge on any atom is -0.392 e. The molecule has 2 rings (SSSR count). The SMILES string of the molecule is CC(NCc1cccc(CO)c1)C1CCCC1. The van der Waals surface area contributed by atoms with E-state index in [-0.39, 0.29) is 6.61 Å². The molecule has 1 aliphatic carbocycles. The van der Waals surface area contributed by atoms with Gasteiger partial charge in [0.05, 0.1) is 6.61 Å². The zero-order valence-electron chi connectivity index (χ0n) is 10.7. The Hall–Kier alpha value is -0.860.